The van der Waals surface area contributed by atoms with E-state index in [-0.39, 0.29) is 5.97 Å². The Labute approximate surface area is 123 Å². The van der Waals surface area contributed by atoms with Crippen LogP contribution in [0.3, 0.4) is 0 Å². The lowest BCUT2D eigenvalue weighted by Crippen LogP contribution is -2.30. The van der Waals surface area contributed by atoms with Gasteiger partial charge in [0, 0.05) is 17.1 Å². The lowest BCUT2D eigenvalue weighted by molar-refractivity contribution is 0.0600. The predicted molar refractivity (Wildman–Crippen MR) is 79.1 cm³/mol. The van der Waals surface area contributed by atoms with Crippen molar-refractivity contribution in [2.24, 2.45) is 5.92 Å². The van der Waals surface area contributed by atoms with Crippen LogP contribution in [0.5, 0.6) is 0 Å². The van der Waals surface area contributed by atoms with Gasteiger partial charge >= 0.3 is 5.97 Å². The molecule has 0 saturated heterocycles. The van der Waals surface area contributed by atoms with Gasteiger partial charge in [0.15, 0.2) is 0 Å². The van der Waals surface area contributed by atoms with Gasteiger partial charge in [-0.25, -0.2) is 4.79 Å². The van der Waals surface area contributed by atoms with Crippen LogP contribution in [-0.2, 0) is 11.3 Å². The zero-order valence-corrected chi connectivity index (χ0v) is 13.2. The highest BCUT2D eigenvalue weighted by atomic mass is 79.9. The summed E-state index contributed by atoms with van der Waals surface area (Å²) in [6.45, 7) is 3.17. The highest BCUT2D eigenvalue weighted by Crippen LogP contribution is 2.35. The third-order valence-electron chi connectivity index (χ3n) is 3.89. The Balaban J connectivity index is 2.06. The van der Waals surface area contributed by atoms with E-state index in [9.17, 15) is 4.79 Å². The lowest BCUT2D eigenvalue weighted by Gasteiger charge is -2.25. The summed E-state index contributed by atoms with van der Waals surface area (Å²) in [6, 6.07) is 6.26. The first-order valence-electron chi connectivity index (χ1n) is 6.60. The first-order valence-corrected chi connectivity index (χ1v) is 7.39. The van der Waals surface area contributed by atoms with Gasteiger partial charge in [-0.05, 0) is 50.4 Å². The Hall–Kier alpha value is -0.870. The van der Waals surface area contributed by atoms with Crippen molar-refractivity contribution >= 4 is 21.9 Å². The van der Waals surface area contributed by atoms with E-state index in [1.165, 1.54) is 25.5 Å². The molecule has 3 nitrogen and oxygen atoms in total. The van der Waals surface area contributed by atoms with E-state index >= 15 is 0 Å². The molecular weight excluding hydrogens is 306 g/mol. The van der Waals surface area contributed by atoms with Gasteiger partial charge in [-0.1, -0.05) is 22.0 Å². The molecule has 0 bridgehead atoms. The van der Waals surface area contributed by atoms with E-state index in [4.69, 9.17) is 4.74 Å². The molecule has 1 aromatic rings. The third kappa shape index (κ3) is 3.57. The van der Waals surface area contributed by atoms with Gasteiger partial charge in [0.2, 0.25) is 0 Å². The summed E-state index contributed by atoms with van der Waals surface area (Å²) in [7, 11) is 3.55. The monoisotopic (exact) mass is 325 g/mol. The highest BCUT2D eigenvalue weighted by molar-refractivity contribution is 9.10. The van der Waals surface area contributed by atoms with Gasteiger partial charge in [0.1, 0.15) is 0 Å². The molecule has 0 aliphatic heterocycles. The van der Waals surface area contributed by atoms with Crippen molar-refractivity contribution in [2.75, 3.05) is 14.2 Å². The Bertz CT molecular complexity index is 471. The van der Waals surface area contributed by atoms with Gasteiger partial charge in [0.05, 0.1) is 12.7 Å². The first kappa shape index (κ1) is 14.5. The van der Waals surface area contributed by atoms with Crippen LogP contribution in [0.2, 0.25) is 0 Å². The zero-order valence-electron chi connectivity index (χ0n) is 11.6. The van der Waals surface area contributed by atoms with Crippen LogP contribution in [0.4, 0.5) is 0 Å². The Morgan fingerprint density at radius 3 is 2.74 bits per heavy atom. The first-order chi connectivity index (χ1) is 9.02. The molecule has 1 aliphatic carbocycles. The highest BCUT2D eigenvalue weighted by Gasteiger charge is 2.30. The summed E-state index contributed by atoms with van der Waals surface area (Å²) in [5.74, 6) is 0.560. The minimum absolute atomic E-state index is 0.299. The average Bonchev–Trinajstić information content (AvgIpc) is 3.23. The second-order valence-corrected chi connectivity index (χ2v) is 6.15. The predicted octanol–water partition coefficient (Wildman–Crippen LogP) is 3.47. The summed E-state index contributed by atoms with van der Waals surface area (Å²) in [6.07, 6.45) is 2.71. The molecule has 0 aromatic heterocycles. The third-order valence-corrected chi connectivity index (χ3v) is 4.63. The Morgan fingerprint density at radius 1 is 1.53 bits per heavy atom. The van der Waals surface area contributed by atoms with E-state index in [2.05, 4.69) is 34.8 Å². The molecule has 1 saturated carbocycles. The number of ether oxygens (including phenoxy) is 1. The van der Waals surface area contributed by atoms with Crippen LogP contribution >= 0.6 is 15.9 Å². The summed E-state index contributed by atoms with van der Waals surface area (Å²) in [5.41, 5.74) is 1.78. The van der Waals surface area contributed by atoms with Crippen LogP contribution in [0.15, 0.2) is 22.7 Å². The topological polar surface area (TPSA) is 29.5 Å². The maximum absolute atomic E-state index is 11.5. The van der Waals surface area contributed by atoms with E-state index in [1.807, 2.05) is 18.2 Å². The minimum Gasteiger partial charge on any atom is -0.465 e. The lowest BCUT2D eigenvalue weighted by atomic mass is 10.1. The number of benzene rings is 1. The van der Waals surface area contributed by atoms with Crippen molar-refractivity contribution in [1.29, 1.82) is 0 Å². The van der Waals surface area contributed by atoms with Crippen molar-refractivity contribution < 1.29 is 9.53 Å². The van der Waals surface area contributed by atoms with Crippen LogP contribution in [-0.4, -0.2) is 31.1 Å². The van der Waals surface area contributed by atoms with Crippen LogP contribution in [0.1, 0.15) is 35.7 Å². The summed E-state index contributed by atoms with van der Waals surface area (Å²) < 4.78 is 5.68. The number of rotatable bonds is 5. The number of carbonyl (C=O) groups excluding carboxylic acids is 1. The minimum atomic E-state index is -0.299. The molecule has 4 heteroatoms. The molecule has 1 fully saturated rings. The fourth-order valence-electron chi connectivity index (χ4n) is 2.27. The van der Waals surface area contributed by atoms with Crippen LogP contribution < -0.4 is 0 Å². The number of methoxy groups -OCH3 is 1. The maximum Gasteiger partial charge on any atom is 0.337 e. The molecule has 2 rings (SSSR count). The fourth-order valence-corrected chi connectivity index (χ4v) is 2.78. The number of hydrogen-bond donors (Lipinski definition) is 0. The van der Waals surface area contributed by atoms with Crippen molar-refractivity contribution in [3.63, 3.8) is 0 Å². The number of halogens is 1. The van der Waals surface area contributed by atoms with E-state index < -0.39 is 0 Å². The molecule has 1 aliphatic rings. The molecule has 0 N–H and O–H groups in total. The quantitative estimate of drug-likeness (QED) is 0.776. The Kier molecular flexibility index (Phi) is 4.63. The number of hydrogen-bond acceptors (Lipinski definition) is 3. The fraction of sp³-hybridized carbons (Fsp3) is 0.533. The smallest absolute Gasteiger partial charge is 0.337 e. The van der Waals surface area contributed by atoms with Gasteiger partial charge in [-0.15, -0.1) is 0 Å². The van der Waals surface area contributed by atoms with Gasteiger partial charge in [-0.2, -0.15) is 0 Å². The Morgan fingerprint density at radius 2 is 2.21 bits per heavy atom. The van der Waals surface area contributed by atoms with Crippen molar-refractivity contribution in [2.45, 2.75) is 32.4 Å². The van der Waals surface area contributed by atoms with Gasteiger partial charge in [-0.3, -0.25) is 4.90 Å². The number of esters is 1. The summed E-state index contributed by atoms with van der Waals surface area (Å²) in [5, 5.41) is 0. The van der Waals surface area contributed by atoms with E-state index in [0.29, 0.717) is 11.6 Å². The number of nitrogens with zero attached hydrogens (tertiary/aromatic N) is 1. The van der Waals surface area contributed by atoms with Crippen LogP contribution in [0, 0.1) is 5.92 Å². The molecule has 1 atom stereocenters. The normalized spacial score (nSPS) is 16.5. The molecular formula is C15H20BrNO2. The summed E-state index contributed by atoms with van der Waals surface area (Å²) in [4.78, 5) is 13.8. The molecule has 0 heterocycles. The van der Waals surface area contributed by atoms with E-state index in [1.54, 1.807) is 0 Å². The second-order valence-electron chi connectivity index (χ2n) is 5.29. The van der Waals surface area contributed by atoms with E-state index in [0.717, 1.165) is 16.9 Å². The zero-order chi connectivity index (χ0) is 14.0. The molecule has 0 amide bonds. The van der Waals surface area contributed by atoms with Crippen LogP contribution in [0.25, 0.3) is 0 Å². The van der Waals surface area contributed by atoms with Crippen molar-refractivity contribution in [3.8, 4) is 0 Å². The molecule has 0 spiro atoms. The standard InChI is InChI=1S/C15H20BrNO2/c1-10(11-4-5-11)17(2)9-13-7-6-12(8-14(13)16)15(18)19-3/h6-8,10-11H,4-5,9H2,1-3H3. The molecule has 0 radical (unpaired) electrons. The molecule has 104 valence electrons. The molecule has 1 aromatic carbocycles. The van der Waals surface area contributed by atoms with Gasteiger partial charge < -0.3 is 4.74 Å². The van der Waals surface area contributed by atoms with Crippen molar-refractivity contribution in [1.82, 2.24) is 4.90 Å². The SMILES string of the molecule is COC(=O)c1ccc(CN(C)C(C)C2CC2)c(Br)c1. The van der Waals surface area contributed by atoms with Crippen molar-refractivity contribution in [3.05, 3.63) is 33.8 Å². The number of carbonyl (C=O) groups is 1. The second kappa shape index (κ2) is 6.06. The maximum atomic E-state index is 11.5. The summed E-state index contributed by atoms with van der Waals surface area (Å²) >= 11 is 3.54. The largest absolute Gasteiger partial charge is 0.465 e. The van der Waals surface area contributed by atoms with Gasteiger partial charge in [0.25, 0.3) is 0 Å². The molecule has 1 unspecified atom stereocenters. The molecule has 19 heavy (non-hydrogen) atoms. The average molecular weight is 326 g/mol.